The van der Waals surface area contributed by atoms with Gasteiger partial charge in [0.1, 0.15) is 4.83 Å². The van der Waals surface area contributed by atoms with Crippen LogP contribution in [0.25, 0.3) is 0 Å². The average molecular weight is 313 g/mol. The lowest BCUT2D eigenvalue weighted by molar-refractivity contribution is -0.122. The van der Waals surface area contributed by atoms with E-state index in [2.05, 4.69) is 15.9 Å². The molecule has 1 unspecified atom stereocenters. The van der Waals surface area contributed by atoms with Crippen LogP contribution in [0.4, 0.5) is 13.2 Å². The molecule has 0 bridgehead atoms. The summed E-state index contributed by atoms with van der Waals surface area (Å²) in [5.41, 5.74) is 2.07. The molecule has 0 N–H and O–H groups in total. The van der Waals surface area contributed by atoms with E-state index in [0.29, 0.717) is 0 Å². The molecule has 0 amide bonds. The molecular formula is C11H12BrF3S. The Balaban J connectivity index is 2.64. The number of hydrogen-bond acceptors (Lipinski definition) is 1. The maximum Gasteiger partial charge on any atom is 0.402 e. The van der Waals surface area contributed by atoms with Crippen molar-refractivity contribution in [3.8, 4) is 0 Å². The number of halogens is 4. The molecule has 0 aromatic heterocycles. The molecule has 0 saturated heterocycles. The van der Waals surface area contributed by atoms with E-state index in [4.69, 9.17) is 0 Å². The van der Waals surface area contributed by atoms with Crippen LogP contribution >= 0.6 is 27.7 Å². The third kappa shape index (κ3) is 4.01. The van der Waals surface area contributed by atoms with Gasteiger partial charge in [0.25, 0.3) is 0 Å². The second-order valence-corrected chi connectivity index (χ2v) is 5.76. The van der Waals surface area contributed by atoms with Crippen LogP contribution in [0, 0.1) is 13.8 Å². The zero-order valence-electron chi connectivity index (χ0n) is 8.94. The lowest BCUT2D eigenvalue weighted by Crippen LogP contribution is -2.24. The van der Waals surface area contributed by atoms with Gasteiger partial charge >= 0.3 is 6.18 Å². The smallest absolute Gasteiger partial charge is 0.170 e. The summed E-state index contributed by atoms with van der Waals surface area (Å²) < 4.78 is 36.8. The Morgan fingerprint density at radius 3 is 2.50 bits per heavy atom. The molecule has 16 heavy (non-hydrogen) atoms. The van der Waals surface area contributed by atoms with Gasteiger partial charge < -0.3 is 0 Å². The van der Waals surface area contributed by atoms with E-state index in [1.807, 2.05) is 32.0 Å². The first-order valence-corrected chi connectivity index (χ1v) is 6.61. The zero-order valence-corrected chi connectivity index (χ0v) is 11.3. The minimum absolute atomic E-state index is 0.00616. The third-order valence-electron chi connectivity index (χ3n) is 2.08. The van der Waals surface area contributed by atoms with Crippen LogP contribution in [0.5, 0.6) is 0 Å². The summed E-state index contributed by atoms with van der Waals surface area (Å²) in [6, 6.07) is 5.79. The summed E-state index contributed by atoms with van der Waals surface area (Å²) in [6.45, 7) is 3.83. The van der Waals surface area contributed by atoms with Gasteiger partial charge in [-0.3, -0.25) is 0 Å². The van der Waals surface area contributed by atoms with Gasteiger partial charge in [-0.1, -0.05) is 33.6 Å². The molecule has 1 aromatic rings. The van der Waals surface area contributed by atoms with Crippen LogP contribution in [0.2, 0.25) is 0 Å². The molecule has 0 saturated carbocycles. The molecule has 1 aromatic carbocycles. The lowest BCUT2D eigenvalue weighted by atomic mass is 10.2. The highest BCUT2D eigenvalue weighted by molar-refractivity contribution is 9.09. The summed E-state index contributed by atoms with van der Waals surface area (Å²) >= 11 is 3.88. The number of alkyl halides is 4. The molecule has 0 fully saturated rings. The van der Waals surface area contributed by atoms with Crippen molar-refractivity contribution in [2.24, 2.45) is 0 Å². The molecule has 0 radical (unpaired) electrons. The van der Waals surface area contributed by atoms with E-state index in [0.717, 1.165) is 16.0 Å². The molecule has 1 rings (SSSR count). The van der Waals surface area contributed by atoms with Gasteiger partial charge in [0, 0.05) is 10.6 Å². The number of hydrogen-bond donors (Lipinski definition) is 0. The largest absolute Gasteiger partial charge is 0.402 e. The van der Waals surface area contributed by atoms with Crippen molar-refractivity contribution >= 4 is 27.7 Å². The molecule has 0 aliphatic rings. The molecular weight excluding hydrogens is 301 g/mol. The highest BCUT2D eigenvalue weighted by Crippen LogP contribution is 2.32. The summed E-state index contributed by atoms with van der Waals surface area (Å²) in [7, 11) is 0. The molecule has 1 atom stereocenters. The van der Waals surface area contributed by atoms with Crippen molar-refractivity contribution in [3.05, 3.63) is 29.3 Å². The summed E-state index contributed by atoms with van der Waals surface area (Å²) in [6.07, 6.45) is -4.18. The first-order valence-electron chi connectivity index (χ1n) is 4.71. The maximum absolute atomic E-state index is 12.3. The number of thioether (sulfide) groups is 1. The van der Waals surface area contributed by atoms with Crippen molar-refractivity contribution in [3.63, 3.8) is 0 Å². The molecule has 0 nitrogen and oxygen atoms in total. The fourth-order valence-electron chi connectivity index (χ4n) is 1.12. The Labute approximate surface area is 106 Å². The van der Waals surface area contributed by atoms with Gasteiger partial charge in [-0.15, -0.1) is 11.8 Å². The summed E-state index contributed by atoms with van der Waals surface area (Å²) in [4.78, 5) is -0.543. The molecule has 0 aliphatic heterocycles. The molecule has 90 valence electrons. The van der Waals surface area contributed by atoms with Crippen molar-refractivity contribution < 1.29 is 13.2 Å². The predicted octanol–water partition coefficient (Wildman–Crippen LogP) is 4.72. The standard InChI is InChI=1S/C11H12BrF3S/c1-7-3-4-8(2)9(5-7)16-6-10(12)11(13,14)15/h3-5,10H,6H2,1-2H3. The Hall–Kier alpha value is -0.160. The fraction of sp³-hybridized carbons (Fsp3) is 0.455. The molecule has 0 spiro atoms. The first kappa shape index (κ1) is 13.9. The molecule has 0 heterocycles. The third-order valence-corrected chi connectivity index (χ3v) is 4.61. The number of benzene rings is 1. The van der Waals surface area contributed by atoms with Crippen molar-refractivity contribution in [1.82, 2.24) is 0 Å². The van der Waals surface area contributed by atoms with E-state index in [1.165, 1.54) is 11.8 Å². The SMILES string of the molecule is Cc1ccc(C)c(SCC(Br)C(F)(F)F)c1. The van der Waals surface area contributed by atoms with Crippen molar-refractivity contribution in [2.75, 3.05) is 5.75 Å². The highest BCUT2D eigenvalue weighted by Gasteiger charge is 2.37. The van der Waals surface area contributed by atoms with Crippen LogP contribution < -0.4 is 0 Å². The Morgan fingerprint density at radius 1 is 1.31 bits per heavy atom. The van der Waals surface area contributed by atoms with E-state index in [1.54, 1.807) is 0 Å². The van der Waals surface area contributed by atoms with Crippen molar-refractivity contribution in [2.45, 2.75) is 29.7 Å². The minimum atomic E-state index is -4.18. The van der Waals surface area contributed by atoms with Gasteiger partial charge in [-0.25, -0.2) is 0 Å². The van der Waals surface area contributed by atoms with E-state index >= 15 is 0 Å². The van der Waals surface area contributed by atoms with E-state index in [-0.39, 0.29) is 5.75 Å². The minimum Gasteiger partial charge on any atom is -0.170 e. The second-order valence-electron chi connectivity index (χ2n) is 3.59. The van der Waals surface area contributed by atoms with Crippen LogP contribution in [-0.4, -0.2) is 16.8 Å². The van der Waals surface area contributed by atoms with Crippen molar-refractivity contribution in [1.29, 1.82) is 0 Å². The van der Waals surface area contributed by atoms with Crippen LogP contribution in [0.3, 0.4) is 0 Å². The van der Waals surface area contributed by atoms with Crippen LogP contribution in [0.1, 0.15) is 11.1 Å². The summed E-state index contributed by atoms with van der Waals surface area (Å²) in [5, 5.41) is 0. The lowest BCUT2D eigenvalue weighted by Gasteiger charge is -2.14. The van der Waals surface area contributed by atoms with E-state index < -0.39 is 11.0 Å². The quantitative estimate of drug-likeness (QED) is 0.575. The fourth-order valence-corrected chi connectivity index (χ4v) is 2.60. The second kappa shape index (κ2) is 5.45. The van der Waals surface area contributed by atoms with Gasteiger partial charge in [0.05, 0.1) is 0 Å². The average Bonchev–Trinajstić information content (AvgIpc) is 2.17. The highest BCUT2D eigenvalue weighted by atomic mass is 79.9. The van der Waals surface area contributed by atoms with Gasteiger partial charge in [-0.2, -0.15) is 13.2 Å². The normalized spacial score (nSPS) is 13.9. The number of aryl methyl sites for hydroxylation is 2. The topological polar surface area (TPSA) is 0 Å². The maximum atomic E-state index is 12.3. The van der Waals surface area contributed by atoms with Crippen LogP contribution in [-0.2, 0) is 0 Å². The zero-order chi connectivity index (χ0) is 12.3. The van der Waals surface area contributed by atoms with Gasteiger partial charge in [0.2, 0.25) is 0 Å². The Morgan fingerprint density at radius 2 is 1.94 bits per heavy atom. The van der Waals surface area contributed by atoms with E-state index in [9.17, 15) is 13.2 Å². The predicted molar refractivity (Wildman–Crippen MR) is 65.4 cm³/mol. The molecule has 0 aliphatic carbocycles. The first-order chi connectivity index (χ1) is 7.30. The Kier molecular flexibility index (Phi) is 4.73. The number of rotatable bonds is 3. The Bertz CT molecular complexity index is 363. The van der Waals surface area contributed by atoms with Gasteiger partial charge in [0.15, 0.2) is 0 Å². The van der Waals surface area contributed by atoms with Crippen LogP contribution in [0.15, 0.2) is 23.1 Å². The van der Waals surface area contributed by atoms with Gasteiger partial charge in [-0.05, 0) is 25.5 Å². The molecule has 5 heteroatoms. The summed E-state index contributed by atoms with van der Waals surface area (Å²) in [5.74, 6) is -0.00616. The monoisotopic (exact) mass is 312 g/mol.